The average molecular weight is 389 g/mol. The quantitative estimate of drug-likeness (QED) is 0.721. The van der Waals surface area contributed by atoms with Crippen LogP contribution in [0, 0.1) is 0 Å². The summed E-state index contributed by atoms with van der Waals surface area (Å²) >= 11 is 1.71. The summed E-state index contributed by atoms with van der Waals surface area (Å²) in [6.07, 6.45) is 2.05. The van der Waals surface area contributed by atoms with Crippen LogP contribution in [0.5, 0.6) is 0 Å². The average Bonchev–Trinajstić information content (AvgIpc) is 3.00. The van der Waals surface area contributed by atoms with E-state index < -0.39 is 0 Å². The van der Waals surface area contributed by atoms with Gasteiger partial charge in [0.2, 0.25) is 0 Å². The Balaban J connectivity index is 2.17. The minimum atomic E-state index is -0.224. The Labute approximate surface area is 167 Å². The van der Waals surface area contributed by atoms with Crippen molar-refractivity contribution in [2.24, 2.45) is 0 Å². The van der Waals surface area contributed by atoms with Crippen LogP contribution in [0.4, 0.5) is 10.6 Å². The van der Waals surface area contributed by atoms with Crippen molar-refractivity contribution in [1.29, 1.82) is 0 Å². The van der Waals surface area contributed by atoms with Gasteiger partial charge in [0.1, 0.15) is 5.82 Å². The SMILES string of the molecule is CSc1ccc(CN(C)C(=O)Nc2cc(C(C)(C)C)nn2C(C)(C)C)cc1. The van der Waals surface area contributed by atoms with E-state index in [1.54, 1.807) is 23.7 Å². The zero-order valence-electron chi connectivity index (χ0n) is 17.8. The van der Waals surface area contributed by atoms with Crippen LogP contribution in [0.25, 0.3) is 0 Å². The van der Waals surface area contributed by atoms with Crippen molar-refractivity contribution in [2.45, 2.75) is 63.9 Å². The molecule has 1 N–H and O–H groups in total. The molecule has 0 radical (unpaired) electrons. The number of thioether (sulfide) groups is 1. The Morgan fingerprint density at radius 1 is 1.15 bits per heavy atom. The van der Waals surface area contributed by atoms with Crippen molar-refractivity contribution in [3.63, 3.8) is 0 Å². The lowest BCUT2D eigenvalue weighted by molar-refractivity contribution is 0.220. The Bertz CT molecular complexity index is 782. The lowest BCUT2D eigenvalue weighted by atomic mass is 9.92. The van der Waals surface area contributed by atoms with E-state index in [1.807, 2.05) is 10.7 Å². The molecule has 2 amide bonds. The number of urea groups is 1. The molecule has 5 nitrogen and oxygen atoms in total. The summed E-state index contributed by atoms with van der Waals surface area (Å²) in [4.78, 5) is 15.7. The molecule has 148 valence electrons. The Hall–Kier alpha value is -1.95. The zero-order chi connectivity index (χ0) is 20.4. The molecule has 0 fully saturated rings. The van der Waals surface area contributed by atoms with E-state index in [2.05, 4.69) is 77.4 Å². The van der Waals surface area contributed by atoms with Crippen LogP contribution < -0.4 is 5.32 Å². The summed E-state index contributed by atoms with van der Waals surface area (Å²) in [6.45, 7) is 13.2. The smallest absolute Gasteiger partial charge is 0.323 e. The standard InChI is InChI=1S/C21H32N4OS/c1-20(2,3)17-13-18(25(23-17)21(4,5)6)22-19(26)24(7)14-15-9-11-16(27-8)12-10-15/h9-13H,14H2,1-8H3,(H,22,26). The van der Waals surface area contributed by atoms with Gasteiger partial charge < -0.3 is 4.90 Å². The van der Waals surface area contributed by atoms with E-state index in [-0.39, 0.29) is 17.0 Å². The molecule has 0 bridgehead atoms. The molecule has 0 aliphatic heterocycles. The normalized spacial score (nSPS) is 12.1. The van der Waals surface area contributed by atoms with Gasteiger partial charge in [0, 0.05) is 30.0 Å². The van der Waals surface area contributed by atoms with Gasteiger partial charge in [-0.15, -0.1) is 11.8 Å². The zero-order valence-corrected chi connectivity index (χ0v) is 18.6. The summed E-state index contributed by atoms with van der Waals surface area (Å²) in [5, 5.41) is 7.78. The first-order valence-electron chi connectivity index (χ1n) is 9.18. The molecule has 0 spiro atoms. The first kappa shape index (κ1) is 21.4. The number of carbonyl (C=O) groups is 1. The summed E-state index contributed by atoms with van der Waals surface area (Å²) in [6, 6.07) is 10.1. The van der Waals surface area contributed by atoms with E-state index in [0.717, 1.165) is 17.1 Å². The van der Waals surface area contributed by atoms with Gasteiger partial charge >= 0.3 is 6.03 Å². The molecule has 1 heterocycles. The Kier molecular flexibility index (Phi) is 6.30. The number of hydrogen-bond donors (Lipinski definition) is 1. The lowest BCUT2D eigenvalue weighted by Crippen LogP contribution is -2.33. The number of aromatic nitrogens is 2. The Morgan fingerprint density at radius 3 is 2.22 bits per heavy atom. The molecular formula is C21H32N4OS. The summed E-state index contributed by atoms with van der Waals surface area (Å²) in [5.74, 6) is 0.724. The topological polar surface area (TPSA) is 50.2 Å². The van der Waals surface area contributed by atoms with Crippen molar-refractivity contribution in [1.82, 2.24) is 14.7 Å². The van der Waals surface area contributed by atoms with Gasteiger partial charge in [0.25, 0.3) is 0 Å². The van der Waals surface area contributed by atoms with Crippen LogP contribution in [0.2, 0.25) is 0 Å². The lowest BCUT2D eigenvalue weighted by Gasteiger charge is -2.24. The molecule has 0 aliphatic rings. The first-order valence-corrected chi connectivity index (χ1v) is 10.4. The highest BCUT2D eigenvalue weighted by molar-refractivity contribution is 7.98. The molecule has 0 aliphatic carbocycles. The highest BCUT2D eigenvalue weighted by Crippen LogP contribution is 2.28. The monoisotopic (exact) mass is 388 g/mol. The maximum absolute atomic E-state index is 12.7. The second-order valence-electron chi connectivity index (χ2n) is 8.88. The predicted octanol–water partition coefficient (Wildman–Crippen LogP) is 5.32. The molecule has 0 saturated carbocycles. The van der Waals surface area contributed by atoms with Crippen molar-refractivity contribution >= 4 is 23.6 Å². The molecule has 6 heteroatoms. The number of benzene rings is 1. The van der Waals surface area contributed by atoms with Crippen LogP contribution in [-0.4, -0.2) is 34.0 Å². The number of anilines is 1. The van der Waals surface area contributed by atoms with Crippen LogP contribution in [0.15, 0.2) is 35.2 Å². The fourth-order valence-electron chi connectivity index (χ4n) is 2.63. The maximum Gasteiger partial charge on any atom is 0.323 e. The van der Waals surface area contributed by atoms with E-state index in [1.165, 1.54) is 4.90 Å². The van der Waals surface area contributed by atoms with Crippen LogP contribution in [0.3, 0.4) is 0 Å². The van der Waals surface area contributed by atoms with Crippen LogP contribution >= 0.6 is 11.8 Å². The third-order valence-corrected chi connectivity index (χ3v) is 5.02. The summed E-state index contributed by atoms with van der Waals surface area (Å²) < 4.78 is 1.90. The van der Waals surface area contributed by atoms with Crippen LogP contribution in [-0.2, 0) is 17.5 Å². The number of amides is 2. The van der Waals surface area contributed by atoms with Gasteiger partial charge in [0.15, 0.2) is 0 Å². The largest absolute Gasteiger partial charge is 0.323 e. The molecule has 27 heavy (non-hydrogen) atoms. The van der Waals surface area contributed by atoms with Gasteiger partial charge in [-0.05, 0) is 44.7 Å². The molecule has 0 saturated heterocycles. The molecule has 1 aromatic carbocycles. The van der Waals surface area contributed by atoms with E-state index in [4.69, 9.17) is 5.10 Å². The van der Waals surface area contributed by atoms with Gasteiger partial charge in [-0.25, -0.2) is 9.48 Å². The van der Waals surface area contributed by atoms with E-state index in [0.29, 0.717) is 6.54 Å². The molecular weight excluding hydrogens is 356 g/mol. The number of nitrogens with zero attached hydrogens (tertiary/aromatic N) is 3. The van der Waals surface area contributed by atoms with E-state index in [9.17, 15) is 4.79 Å². The fourth-order valence-corrected chi connectivity index (χ4v) is 3.04. The highest BCUT2D eigenvalue weighted by atomic mass is 32.2. The minimum absolute atomic E-state index is 0.0824. The number of rotatable bonds is 4. The predicted molar refractivity (Wildman–Crippen MR) is 115 cm³/mol. The molecule has 2 aromatic rings. The van der Waals surface area contributed by atoms with Gasteiger partial charge in [0.05, 0.1) is 11.2 Å². The molecule has 0 atom stereocenters. The number of carbonyl (C=O) groups excluding carboxylic acids is 1. The van der Waals surface area contributed by atoms with Crippen molar-refractivity contribution in [2.75, 3.05) is 18.6 Å². The third-order valence-electron chi connectivity index (χ3n) is 4.27. The highest BCUT2D eigenvalue weighted by Gasteiger charge is 2.26. The maximum atomic E-state index is 12.7. The minimum Gasteiger partial charge on any atom is -0.323 e. The second-order valence-corrected chi connectivity index (χ2v) is 9.76. The van der Waals surface area contributed by atoms with E-state index >= 15 is 0 Å². The Morgan fingerprint density at radius 2 is 1.74 bits per heavy atom. The first-order chi connectivity index (χ1) is 12.4. The summed E-state index contributed by atoms with van der Waals surface area (Å²) in [5.41, 5.74) is 1.76. The second kappa shape index (κ2) is 7.97. The van der Waals surface area contributed by atoms with Crippen molar-refractivity contribution in [3.8, 4) is 0 Å². The molecule has 0 unspecified atom stereocenters. The number of hydrogen-bond acceptors (Lipinski definition) is 3. The molecule has 2 rings (SSSR count). The fraction of sp³-hybridized carbons (Fsp3) is 0.524. The van der Waals surface area contributed by atoms with Gasteiger partial charge in [-0.3, -0.25) is 5.32 Å². The summed E-state index contributed by atoms with van der Waals surface area (Å²) in [7, 11) is 1.81. The van der Waals surface area contributed by atoms with Crippen LogP contribution in [0.1, 0.15) is 52.8 Å². The third kappa shape index (κ3) is 5.51. The van der Waals surface area contributed by atoms with Gasteiger partial charge in [-0.1, -0.05) is 32.9 Å². The van der Waals surface area contributed by atoms with Gasteiger partial charge in [-0.2, -0.15) is 5.10 Å². The molecule has 1 aromatic heterocycles. The number of nitrogens with one attached hydrogen (secondary N) is 1. The van der Waals surface area contributed by atoms with Crippen molar-refractivity contribution < 1.29 is 4.79 Å². The van der Waals surface area contributed by atoms with Crippen molar-refractivity contribution in [3.05, 3.63) is 41.6 Å².